The normalized spacial score (nSPS) is 14.2. The third-order valence-electron chi connectivity index (χ3n) is 9.53. The number of thiophene rings is 1. The zero-order chi connectivity index (χ0) is 27.3. The maximum atomic E-state index is 2.45. The summed E-state index contributed by atoms with van der Waals surface area (Å²) in [5.74, 6) is 0. The highest BCUT2D eigenvalue weighted by Crippen LogP contribution is 2.51. The molecule has 2 aliphatic rings. The van der Waals surface area contributed by atoms with E-state index in [-0.39, 0.29) is 5.41 Å². The molecule has 0 nitrogen and oxygen atoms in total. The molecule has 194 valence electrons. The quantitative estimate of drug-likeness (QED) is 0.205. The molecule has 0 bridgehead atoms. The molecule has 2 aliphatic carbocycles. The predicted molar refractivity (Wildman–Crippen MR) is 176 cm³/mol. The minimum absolute atomic E-state index is 0.00461. The van der Waals surface area contributed by atoms with Gasteiger partial charge in [-0.05, 0) is 85.3 Å². The van der Waals surface area contributed by atoms with Crippen molar-refractivity contribution in [3.8, 4) is 44.5 Å². The van der Waals surface area contributed by atoms with Gasteiger partial charge in [0.2, 0.25) is 0 Å². The number of hydrogen-bond acceptors (Lipinski definition) is 1. The largest absolute Gasteiger partial charge is 0.134 e. The molecule has 0 atom stereocenters. The molecule has 0 aliphatic heterocycles. The summed E-state index contributed by atoms with van der Waals surface area (Å²) >= 11 is 1.94. The summed E-state index contributed by atoms with van der Waals surface area (Å²) < 4.78 is 2.74. The van der Waals surface area contributed by atoms with Crippen molar-refractivity contribution in [3.63, 3.8) is 0 Å². The molecule has 1 heteroatoms. The molecule has 0 unspecified atom stereocenters. The topological polar surface area (TPSA) is 0 Å². The average molecular weight is 541 g/mol. The first kappa shape index (κ1) is 23.3. The molecule has 0 fully saturated rings. The first-order valence-electron chi connectivity index (χ1n) is 14.5. The minimum atomic E-state index is -0.00461. The van der Waals surface area contributed by atoms with Crippen LogP contribution < -0.4 is 0 Å². The van der Waals surface area contributed by atoms with Crippen LogP contribution in [0.5, 0.6) is 0 Å². The Morgan fingerprint density at radius 1 is 0.463 bits per heavy atom. The monoisotopic (exact) mass is 540 g/mol. The third kappa shape index (κ3) is 3.21. The van der Waals surface area contributed by atoms with Crippen LogP contribution in [-0.2, 0) is 11.8 Å². The Balaban J connectivity index is 1.22. The maximum absolute atomic E-state index is 2.45. The molecular formula is C40H28S. The van der Waals surface area contributed by atoms with Gasteiger partial charge in [0, 0.05) is 25.6 Å². The fraction of sp³-hybridized carbons (Fsp3) is 0.100. The Morgan fingerprint density at radius 2 is 1.05 bits per heavy atom. The summed E-state index contributed by atoms with van der Waals surface area (Å²) in [4.78, 5) is 0. The number of benzene rings is 6. The molecule has 0 saturated carbocycles. The molecule has 0 amide bonds. The second kappa shape index (κ2) is 8.28. The zero-order valence-corrected chi connectivity index (χ0v) is 24.0. The van der Waals surface area contributed by atoms with E-state index < -0.39 is 0 Å². The van der Waals surface area contributed by atoms with Crippen LogP contribution in [0.25, 0.3) is 64.7 Å². The van der Waals surface area contributed by atoms with Crippen LogP contribution >= 0.6 is 11.3 Å². The van der Waals surface area contributed by atoms with Crippen LogP contribution in [-0.4, -0.2) is 0 Å². The Morgan fingerprint density at radius 3 is 1.83 bits per heavy atom. The Bertz CT molecular complexity index is 2210. The van der Waals surface area contributed by atoms with Crippen molar-refractivity contribution in [2.24, 2.45) is 0 Å². The lowest BCUT2D eigenvalue weighted by Crippen LogP contribution is -2.14. The van der Waals surface area contributed by atoms with Crippen LogP contribution in [0.2, 0.25) is 0 Å². The van der Waals surface area contributed by atoms with Gasteiger partial charge < -0.3 is 0 Å². The Hall–Kier alpha value is -4.46. The number of rotatable bonds is 2. The highest BCUT2D eigenvalue weighted by atomic mass is 32.1. The van der Waals surface area contributed by atoms with E-state index in [2.05, 4.69) is 135 Å². The first-order chi connectivity index (χ1) is 20.1. The standard InChI is InChI=1S/C40H28S/c1-40(2)36-16-6-5-11-31(36)32-20-19-27(23-37(32)40)30-13-8-15-34-33-14-7-12-29(38(33)41-39(30)34)26-18-17-25-21-24-9-3-4-10-28(24)35(25)22-26/h3-20,22-23H,21H2,1-2H3. The number of hydrogen-bond donors (Lipinski definition) is 0. The highest BCUT2D eigenvalue weighted by molar-refractivity contribution is 7.26. The molecule has 9 rings (SSSR count). The summed E-state index contributed by atoms with van der Waals surface area (Å²) in [6.45, 7) is 4.73. The van der Waals surface area contributed by atoms with Crippen LogP contribution in [0.1, 0.15) is 36.1 Å². The van der Waals surface area contributed by atoms with Gasteiger partial charge in [0.05, 0.1) is 0 Å². The van der Waals surface area contributed by atoms with Gasteiger partial charge in [-0.2, -0.15) is 0 Å². The molecule has 41 heavy (non-hydrogen) atoms. The smallest absolute Gasteiger partial charge is 0.0434 e. The first-order valence-corrected chi connectivity index (χ1v) is 15.3. The number of fused-ring (bicyclic) bond motifs is 9. The Labute approximate surface area is 244 Å². The lowest BCUT2D eigenvalue weighted by atomic mass is 9.81. The van der Waals surface area contributed by atoms with Crippen molar-refractivity contribution in [3.05, 3.63) is 144 Å². The van der Waals surface area contributed by atoms with Gasteiger partial charge in [-0.15, -0.1) is 11.3 Å². The van der Waals surface area contributed by atoms with E-state index in [0.717, 1.165) is 6.42 Å². The van der Waals surface area contributed by atoms with Crippen molar-refractivity contribution in [1.82, 2.24) is 0 Å². The van der Waals surface area contributed by atoms with Gasteiger partial charge in [0.25, 0.3) is 0 Å². The Kier molecular flexibility index (Phi) is 4.70. The highest BCUT2D eigenvalue weighted by Gasteiger charge is 2.35. The summed E-state index contributed by atoms with van der Waals surface area (Å²) in [6.07, 6.45) is 1.03. The van der Waals surface area contributed by atoms with E-state index in [1.54, 1.807) is 0 Å². The van der Waals surface area contributed by atoms with Crippen LogP contribution in [0.15, 0.2) is 121 Å². The van der Waals surface area contributed by atoms with E-state index >= 15 is 0 Å². The fourth-order valence-corrected chi connectivity index (χ4v) is 8.81. The average Bonchev–Trinajstić information content (AvgIpc) is 3.65. The second-order valence-corrected chi connectivity index (χ2v) is 13.1. The summed E-state index contributed by atoms with van der Waals surface area (Å²) in [6, 6.07) is 45.6. The summed E-state index contributed by atoms with van der Waals surface area (Å²) in [7, 11) is 0. The van der Waals surface area contributed by atoms with Gasteiger partial charge in [-0.25, -0.2) is 0 Å². The lowest BCUT2D eigenvalue weighted by molar-refractivity contribution is 0.660. The third-order valence-corrected chi connectivity index (χ3v) is 10.8. The molecule has 1 aromatic heterocycles. The molecule has 1 heterocycles. The second-order valence-electron chi connectivity index (χ2n) is 12.1. The molecule has 6 aromatic carbocycles. The van der Waals surface area contributed by atoms with Crippen molar-refractivity contribution in [2.45, 2.75) is 25.7 Å². The molecular weight excluding hydrogens is 513 g/mol. The summed E-state index contributed by atoms with van der Waals surface area (Å²) in [5.41, 5.74) is 16.5. The van der Waals surface area contributed by atoms with Crippen molar-refractivity contribution in [1.29, 1.82) is 0 Å². The summed E-state index contributed by atoms with van der Waals surface area (Å²) in [5, 5.41) is 2.69. The van der Waals surface area contributed by atoms with Gasteiger partial charge in [0.15, 0.2) is 0 Å². The zero-order valence-electron chi connectivity index (χ0n) is 23.2. The molecule has 0 N–H and O–H groups in total. The minimum Gasteiger partial charge on any atom is -0.134 e. The SMILES string of the molecule is CC1(C)c2ccccc2-c2ccc(-c3cccc4c3sc3c(-c5ccc6c(c5)-c5ccccc5C6)cccc34)cc21. The predicted octanol–water partition coefficient (Wildman–Crippen LogP) is 11.3. The van der Waals surface area contributed by atoms with Gasteiger partial charge in [-0.1, -0.05) is 123 Å². The van der Waals surface area contributed by atoms with E-state index in [1.807, 2.05) is 11.3 Å². The van der Waals surface area contributed by atoms with E-state index in [0.29, 0.717) is 0 Å². The van der Waals surface area contributed by atoms with Gasteiger partial charge in [-0.3, -0.25) is 0 Å². The van der Waals surface area contributed by atoms with Crippen LogP contribution in [0, 0.1) is 0 Å². The van der Waals surface area contributed by atoms with Crippen LogP contribution in [0.4, 0.5) is 0 Å². The van der Waals surface area contributed by atoms with E-state index in [1.165, 1.54) is 86.9 Å². The van der Waals surface area contributed by atoms with E-state index in [4.69, 9.17) is 0 Å². The molecule has 0 spiro atoms. The van der Waals surface area contributed by atoms with Crippen molar-refractivity contribution < 1.29 is 0 Å². The molecule has 0 radical (unpaired) electrons. The fourth-order valence-electron chi connectivity index (χ4n) is 7.44. The van der Waals surface area contributed by atoms with Crippen molar-refractivity contribution >= 4 is 31.5 Å². The van der Waals surface area contributed by atoms with Gasteiger partial charge >= 0.3 is 0 Å². The molecule has 7 aromatic rings. The lowest BCUT2D eigenvalue weighted by Gasteiger charge is -2.22. The van der Waals surface area contributed by atoms with Crippen LogP contribution in [0.3, 0.4) is 0 Å². The maximum Gasteiger partial charge on any atom is 0.0434 e. The van der Waals surface area contributed by atoms with Gasteiger partial charge in [0.1, 0.15) is 0 Å². The molecule has 0 saturated heterocycles. The van der Waals surface area contributed by atoms with Crippen molar-refractivity contribution in [2.75, 3.05) is 0 Å². The van der Waals surface area contributed by atoms with E-state index in [9.17, 15) is 0 Å².